The predicted octanol–water partition coefficient (Wildman–Crippen LogP) is 1.84. The molecule has 0 atom stereocenters. The molecule has 0 radical (unpaired) electrons. The summed E-state index contributed by atoms with van der Waals surface area (Å²) in [5.41, 5.74) is 2.15. The average Bonchev–Trinajstić information content (AvgIpc) is 3.08. The molecule has 142 valence electrons. The van der Waals surface area contributed by atoms with Crippen molar-refractivity contribution < 1.29 is 13.2 Å². The molecule has 1 aliphatic rings. The molecule has 1 amide bonds. The van der Waals surface area contributed by atoms with E-state index in [0.29, 0.717) is 24.2 Å². The number of benzene rings is 1. The Morgan fingerprint density at radius 2 is 1.93 bits per heavy atom. The topological polar surface area (TPSA) is 96.1 Å². The van der Waals surface area contributed by atoms with E-state index in [2.05, 4.69) is 5.10 Å². The minimum absolute atomic E-state index is 0.201. The first-order chi connectivity index (χ1) is 12.9. The van der Waals surface area contributed by atoms with Crippen LogP contribution in [0.3, 0.4) is 0 Å². The van der Waals surface area contributed by atoms with Crippen molar-refractivity contribution in [2.24, 2.45) is 0 Å². The van der Waals surface area contributed by atoms with Gasteiger partial charge in [-0.1, -0.05) is 12.1 Å². The van der Waals surface area contributed by atoms with Gasteiger partial charge in [0.15, 0.2) is 9.84 Å². The van der Waals surface area contributed by atoms with Crippen LogP contribution in [0.5, 0.6) is 0 Å². The van der Waals surface area contributed by atoms with Gasteiger partial charge in [0.2, 0.25) is 5.91 Å². The fourth-order valence-electron chi connectivity index (χ4n) is 3.27. The third-order valence-electron chi connectivity index (χ3n) is 4.73. The summed E-state index contributed by atoms with van der Waals surface area (Å²) in [7, 11) is -3.56. The third kappa shape index (κ3) is 4.95. The van der Waals surface area contributed by atoms with E-state index in [1.165, 1.54) is 0 Å². The van der Waals surface area contributed by atoms with Gasteiger partial charge in [0.1, 0.15) is 5.75 Å². The summed E-state index contributed by atoms with van der Waals surface area (Å²) in [4.78, 5) is 14.1. The highest BCUT2D eigenvalue weighted by atomic mass is 32.2. The Hall–Kier alpha value is -2.66. The van der Waals surface area contributed by atoms with Crippen LogP contribution in [0.4, 0.5) is 0 Å². The van der Waals surface area contributed by atoms with Crippen LogP contribution in [0.1, 0.15) is 35.6 Å². The average molecular weight is 386 g/mol. The van der Waals surface area contributed by atoms with E-state index in [0.717, 1.165) is 18.4 Å². The minimum Gasteiger partial charge on any atom is -0.342 e. The van der Waals surface area contributed by atoms with Gasteiger partial charge in [0, 0.05) is 19.3 Å². The summed E-state index contributed by atoms with van der Waals surface area (Å²) in [6, 6.07) is 8.61. The molecule has 0 saturated carbocycles. The van der Waals surface area contributed by atoms with Crippen LogP contribution in [-0.4, -0.2) is 47.8 Å². The molecule has 3 rings (SSSR count). The van der Waals surface area contributed by atoms with Crippen LogP contribution >= 0.6 is 0 Å². The molecular weight excluding hydrogens is 364 g/mol. The molecule has 0 N–H and O–H groups in total. The zero-order valence-corrected chi connectivity index (χ0v) is 16.0. The molecule has 1 aromatic carbocycles. The molecule has 2 heterocycles. The number of aryl methyl sites for hydroxylation is 1. The minimum atomic E-state index is -3.56. The van der Waals surface area contributed by atoms with E-state index < -0.39 is 15.6 Å². The van der Waals surface area contributed by atoms with Crippen molar-refractivity contribution in [3.63, 3.8) is 0 Å². The number of nitrogens with zero attached hydrogens (tertiary/aromatic N) is 4. The highest BCUT2D eigenvalue weighted by molar-refractivity contribution is 7.91. The van der Waals surface area contributed by atoms with Crippen molar-refractivity contribution in [3.05, 3.63) is 53.3 Å². The van der Waals surface area contributed by atoms with Gasteiger partial charge < -0.3 is 4.90 Å². The standard InChI is InChI=1S/C19H22N4O3S/c1-15-11-21-23(12-15)18-6-8-22(9-7-18)19(24)14-27(25,26)13-17-4-2-16(10-20)3-5-17/h2-5,11-12,18H,6-9,13-14H2,1H3. The van der Waals surface area contributed by atoms with E-state index in [9.17, 15) is 13.2 Å². The van der Waals surface area contributed by atoms with Crippen LogP contribution in [0.25, 0.3) is 0 Å². The third-order valence-corrected chi connectivity index (χ3v) is 6.19. The molecule has 0 unspecified atom stereocenters. The first kappa shape index (κ1) is 19.1. The molecule has 0 spiro atoms. The second-order valence-corrected chi connectivity index (χ2v) is 9.02. The Morgan fingerprint density at radius 3 is 2.48 bits per heavy atom. The number of piperidine rings is 1. The van der Waals surface area contributed by atoms with Crippen molar-refractivity contribution in [3.8, 4) is 6.07 Å². The van der Waals surface area contributed by atoms with Crippen molar-refractivity contribution >= 4 is 15.7 Å². The van der Waals surface area contributed by atoms with Gasteiger partial charge in [-0.05, 0) is 43.0 Å². The summed E-state index contributed by atoms with van der Waals surface area (Å²) in [5.74, 6) is -1.04. The fraction of sp³-hybridized carbons (Fsp3) is 0.421. The van der Waals surface area contributed by atoms with Crippen molar-refractivity contribution in [1.82, 2.24) is 14.7 Å². The Balaban J connectivity index is 1.54. The van der Waals surface area contributed by atoms with Crippen LogP contribution in [0.2, 0.25) is 0 Å². The van der Waals surface area contributed by atoms with Crippen molar-refractivity contribution in [1.29, 1.82) is 5.26 Å². The van der Waals surface area contributed by atoms with Crippen LogP contribution < -0.4 is 0 Å². The molecule has 1 aromatic heterocycles. The number of likely N-dealkylation sites (tertiary alicyclic amines) is 1. The van der Waals surface area contributed by atoms with E-state index in [1.54, 1.807) is 29.2 Å². The van der Waals surface area contributed by atoms with Gasteiger partial charge in [-0.25, -0.2) is 8.42 Å². The van der Waals surface area contributed by atoms with Gasteiger partial charge in [0.25, 0.3) is 0 Å². The SMILES string of the molecule is Cc1cnn(C2CCN(C(=O)CS(=O)(=O)Cc3ccc(C#N)cc3)CC2)c1. The smallest absolute Gasteiger partial charge is 0.237 e. The maximum atomic E-state index is 12.4. The zero-order chi connectivity index (χ0) is 19.4. The fourth-order valence-corrected chi connectivity index (χ4v) is 4.63. The maximum absolute atomic E-state index is 12.4. The van der Waals surface area contributed by atoms with Gasteiger partial charge in [-0.3, -0.25) is 9.48 Å². The molecule has 0 aliphatic carbocycles. The quantitative estimate of drug-likeness (QED) is 0.781. The highest BCUT2D eigenvalue weighted by Crippen LogP contribution is 2.22. The van der Waals surface area contributed by atoms with Gasteiger partial charge in [-0.15, -0.1) is 0 Å². The van der Waals surface area contributed by atoms with Crippen molar-refractivity contribution in [2.75, 3.05) is 18.8 Å². The first-order valence-electron chi connectivity index (χ1n) is 8.84. The van der Waals surface area contributed by atoms with Crippen LogP contribution in [-0.2, 0) is 20.4 Å². The Labute approximate surface area is 159 Å². The Morgan fingerprint density at radius 1 is 1.26 bits per heavy atom. The predicted molar refractivity (Wildman–Crippen MR) is 100 cm³/mol. The Bertz CT molecular complexity index is 950. The Kier molecular flexibility index (Phi) is 5.61. The molecule has 1 saturated heterocycles. The lowest BCUT2D eigenvalue weighted by Gasteiger charge is -2.32. The molecule has 1 fully saturated rings. The van der Waals surface area contributed by atoms with Gasteiger partial charge in [0.05, 0.1) is 29.6 Å². The van der Waals surface area contributed by atoms with Crippen molar-refractivity contribution in [2.45, 2.75) is 31.6 Å². The highest BCUT2D eigenvalue weighted by Gasteiger charge is 2.27. The number of hydrogen-bond donors (Lipinski definition) is 0. The number of carbonyl (C=O) groups is 1. The second kappa shape index (κ2) is 7.92. The first-order valence-corrected chi connectivity index (χ1v) is 10.7. The number of aromatic nitrogens is 2. The lowest BCUT2D eigenvalue weighted by Crippen LogP contribution is -2.42. The lowest BCUT2D eigenvalue weighted by atomic mass is 10.1. The number of sulfone groups is 1. The molecular formula is C19H22N4O3S. The number of hydrogen-bond acceptors (Lipinski definition) is 5. The summed E-state index contributed by atoms with van der Waals surface area (Å²) in [5, 5.41) is 13.1. The normalized spacial score (nSPS) is 15.5. The van der Waals surface area contributed by atoms with Gasteiger partial charge >= 0.3 is 0 Å². The molecule has 2 aromatic rings. The zero-order valence-electron chi connectivity index (χ0n) is 15.2. The monoisotopic (exact) mass is 386 g/mol. The number of rotatable bonds is 5. The summed E-state index contributed by atoms with van der Waals surface area (Å²) in [6.07, 6.45) is 5.34. The molecule has 7 nitrogen and oxygen atoms in total. The molecule has 1 aliphatic heterocycles. The number of carbonyl (C=O) groups excluding carboxylic acids is 1. The largest absolute Gasteiger partial charge is 0.342 e. The second-order valence-electron chi connectivity index (χ2n) is 6.95. The number of nitriles is 1. The molecule has 8 heteroatoms. The molecule has 27 heavy (non-hydrogen) atoms. The summed E-state index contributed by atoms with van der Waals surface area (Å²) in [6.45, 7) is 3.06. The number of amides is 1. The van der Waals surface area contributed by atoms with E-state index >= 15 is 0 Å². The summed E-state index contributed by atoms with van der Waals surface area (Å²) >= 11 is 0. The molecule has 0 bridgehead atoms. The maximum Gasteiger partial charge on any atom is 0.237 e. The summed E-state index contributed by atoms with van der Waals surface area (Å²) < 4.78 is 26.7. The van der Waals surface area contributed by atoms with E-state index in [1.807, 2.05) is 30.1 Å². The van der Waals surface area contributed by atoms with Crippen LogP contribution in [0, 0.1) is 18.3 Å². The van der Waals surface area contributed by atoms with Crippen LogP contribution in [0.15, 0.2) is 36.7 Å². The van der Waals surface area contributed by atoms with E-state index in [4.69, 9.17) is 5.26 Å². The van der Waals surface area contributed by atoms with Gasteiger partial charge in [-0.2, -0.15) is 10.4 Å². The lowest BCUT2D eigenvalue weighted by molar-refractivity contribution is -0.129. The van der Waals surface area contributed by atoms with E-state index in [-0.39, 0.29) is 17.7 Å².